The van der Waals surface area contributed by atoms with Gasteiger partial charge >= 0.3 is 0 Å². The van der Waals surface area contributed by atoms with E-state index in [0.717, 1.165) is 45.2 Å². The summed E-state index contributed by atoms with van der Waals surface area (Å²) in [6.45, 7) is 10.1. The van der Waals surface area contributed by atoms with E-state index in [1.807, 2.05) is 13.8 Å². The van der Waals surface area contributed by atoms with Crippen LogP contribution in [0.25, 0.3) is 0 Å². The van der Waals surface area contributed by atoms with Gasteiger partial charge in [-0.1, -0.05) is 13.8 Å². The highest BCUT2D eigenvalue weighted by molar-refractivity contribution is 5.97. The lowest BCUT2D eigenvalue weighted by Crippen LogP contribution is -2.54. The number of hydrogen-bond acceptors (Lipinski definition) is 4. The van der Waals surface area contributed by atoms with Gasteiger partial charge in [0.25, 0.3) is 0 Å². The fraction of sp³-hybridized carbons (Fsp3) is 0.882. The fourth-order valence-electron chi connectivity index (χ4n) is 3.70. The Balaban J connectivity index is 2.18. The molecular weight excluding hydrogens is 278 g/mol. The van der Waals surface area contributed by atoms with E-state index in [0.29, 0.717) is 11.5 Å². The molecule has 2 aliphatic rings. The Morgan fingerprint density at radius 3 is 2.41 bits per heavy atom. The molecule has 1 atom stereocenters. The number of carbonyl (C=O) groups is 1. The highest BCUT2D eigenvalue weighted by Crippen LogP contribution is 2.38. The maximum Gasteiger partial charge on any atom is 0.234 e. The number of rotatable bonds is 4. The molecule has 22 heavy (non-hydrogen) atoms. The minimum atomic E-state index is -0.760. The number of amides is 1. The number of oxime groups is 1. The second-order valence-electron chi connectivity index (χ2n) is 8.22. The molecule has 5 nitrogen and oxygen atoms in total. The summed E-state index contributed by atoms with van der Waals surface area (Å²) in [7, 11) is 0. The second-order valence-corrected chi connectivity index (χ2v) is 8.22. The molecule has 2 rings (SSSR count). The van der Waals surface area contributed by atoms with Crippen molar-refractivity contribution in [2.24, 2.45) is 16.0 Å². The van der Waals surface area contributed by atoms with E-state index in [-0.39, 0.29) is 11.9 Å². The van der Waals surface area contributed by atoms with Gasteiger partial charge in [-0.2, -0.15) is 0 Å². The molecule has 1 heterocycles. The van der Waals surface area contributed by atoms with Gasteiger partial charge in [-0.3, -0.25) is 4.79 Å². The largest absolute Gasteiger partial charge is 0.411 e. The molecule has 0 spiro atoms. The van der Waals surface area contributed by atoms with Crippen LogP contribution in [0.5, 0.6) is 0 Å². The van der Waals surface area contributed by atoms with E-state index in [9.17, 15) is 4.79 Å². The molecule has 0 aromatic carbocycles. The van der Waals surface area contributed by atoms with Crippen LogP contribution in [0.3, 0.4) is 0 Å². The van der Waals surface area contributed by atoms with Crippen molar-refractivity contribution in [3.8, 4) is 0 Å². The van der Waals surface area contributed by atoms with Gasteiger partial charge < -0.3 is 15.4 Å². The van der Waals surface area contributed by atoms with Gasteiger partial charge in [0.2, 0.25) is 5.91 Å². The number of hydrogen-bond donors (Lipinski definition) is 2. The van der Waals surface area contributed by atoms with Crippen LogP contribution in [-0.2, 0) is 4.79 Å². The molecule has 0 unspecified atom stereocenters. The van der Waals surface area contributed by atoms with Gasteiger partial charge in [0.1, 0.15) is 0 Å². The first-order valence-corrected chi connectivity index (χ1v) is 8.49. The van der Waals surface area contributed by atoms with Crippen LogP contribution in [0.2, 0.25) is 0 Å². The Hall–Kier alpha value is -1.10. The van der Waals surface area contributed by atoms with E-state index < -0.39 is 5.41 Å². The highest BCUT2D eigenvalue weighted by atomic mass is 16.4. The molecule has 1 amide bonds. The van der Waals surface area contributed by atoms with Crippen molar-refractivity contribution in [1.29, 1.82) is 0 Å². The summed E-state index contributed by atoms with van der Waals surface area (Å²) in [5.41, 5.74) is -0.370. The summed E-state index contributed by atoms with van der Waals surface area (Å²) < 4.78 is 0. The van der Waals surface area contributed by atoms with Crippen molar-refractivity contribution in [3.05, 3.63) is 0 Å². The Morgan fingerprint density at radius 2 is 1.91 bits per heavy atom. The first-order valence-electron chi connectivity index (χ1n) is 8.49. The Labute approximate surface area is 134 Å². The van der Waals surface area contributed by atoms with Crippen LogP contribution in [-0.4, -0.2) is 47.4 Å². The van der Waals surface area contributed by atoms with Gasteiger partial charge in [-0.25, -0.2) is 0 Å². The first-order chi connectivity index (χ1) is 10.3. The fourth-order valence-corrected chi connectivity index (χ4v) is 3.70. The Morgan fingerprint density at radius 1 is 1.27 bits per heavy atom. The van der Waals surface area contributed by atoms with Crippen molar-refractivity contribution in [3.63, 3.8) is 0 Å². The molecule has 0 radical (unpaired) electrons. The molecule has 2 N–H and O–H groups in total. The lowest BCUT2D eigenvalue weighted by atomic mass is 9.74. The maximum atomic E-state index is 13.1. The number of nitrogens with one attached hydrogen (secondary N) is 1. The highest BCUT2D eigenvalue weighted by Gasteiger charge is 2.41. The molecule has 0 aromatic heterocycles. The minimum Gasteiger partial charge on any atom is -0.411 e. The van der Waals surface area contributed by atoms with Crippen LogP contribution < -0.4 is 5.32 Å². The predicted molar refractivity (Wildman–Crippen MR) is 88.2 cm³/mol. The quantitative estimate of drug-likeness (QED) is 0.477. The van der Waals surface area contributed by atoms with Crippen LogP contribution in [0.4, 0.5) is 0 Å². The van der Waals surface area contributed by atoms with Crippen LogP contribution in [0.15, 0.2) is 5.16 Å². The molecular formula is C17H31N3O2. The monoisotopic (exact) mass is 309 g/mol. The zero-order chi connectivity index (χ0) is 16.4. The van der Waals surface area contributed by atoms with E-state index in [1.165, 1.54) is 6.21 Å². The topological polar surface area (TPSA) is 64.9 Å². The summed E-state index contributed by atoms with van der Waals surface area (Å²) in [6, 6.07) is 0.585. The average Bonchev–Trinajstić information content (AvgIpc) is 2.94. The van der Waals surface area contributed by atoms with Gasteiger partial charge in [0.15, 0.2) is 0 Å². The first kappa shape index (κ1) is 17.3. The molecule has 2 fully saturated rings. The molecule has 1 saturated carbocycles. The predicted octanol–water partition coefficient (Wildman–Crippen LogP) is 2.63. The third-order valence-electron chi connectivity index (χ3n) is 5.30. The normalized spacial score (nSPS) is 26.5. The van der Waals surface area contributed by atoms with Crippen LogP contribution in [0.1, 0.15) is 59.8 Å². The SMILES string of the molecule is CC1(C)CCC(N(C(=O)C(C)(C)/C=N/O)[C@H]2CCNC2)CC1. The summed E-state index contributed by atoms with van der Waals surface area (Å²) in [5.74, 6) is 0.0868. The molecule has 5 heteroatoms. The van der Waals surface area contributed by atoms with Crippen LogP contribution in [0, 0.1) is 10.8 Å². The maximum absolute atomic E-state index is 13.1. The number of nitrogens with zero attached hydrogens (tertiary/aromatic N) is 2. The van der Waals surface area contributed by atoms with Crippen molar-refractivity contribution in [2.75, 3.05) is 13.1 Å². The van der Waals surface area contributed by atoms with E-state index in [4.69, 9.17) is 5.21 Å². The van der Waals surface area contributed by atoms with Crippen molar-refractivity contribution in [2.45, 2.75) is 71.9 Å². The third-order valence-corrected chi connectivity index (χ3v) is 5.30. The third kappa shape index (κ3) is 3.80. The minimum absolute atomic E-state index is 0.0868. The molecule has 0 bridgehead atoms. The summed E-state index contributed by atoms with van der Waals surface area (Å²) in [5, 5.41) is 15.4. The smallest absolute Gasteiger partial charge is 0.234 e. The molecule has 0 aromatic rings. The molecule has 1 aliphatic heterocycles. The van der Waals surface area contributed by atoms with Crippen molar-refractivity contribution < 1.29 is 10.0 Å². The summed E-state index contributed by atoms with van der Waals surface area (Å²) >= 11 is 0. The average molecular weight is 309 g/mol. The second kappa shape index (κ2) is 6.57. The zero-order valence-corrected chi connectivity index (χ0v) is 14.4. The van der Waals surface area contributed by atoms with E-state index >= 15 is 0 Å². The molecule has 126 valence electrons. The van der Waals surface area contributed by atoms with Gasteiger partial charge in [0, 0.05) is 18.6 Å². The zero-order valence-electron chi connectivity index (χ0n) is 14.4. The van der Waals surface area contributed by atoms with Crippen molar-refractivity contribution in [1.82, 2.24) is 10.2 Å². The van der Waals surface area contributed by atoms with Gasteiger partial charge in [-0.05, 0) is 57.9 Å². The van der Waals surface area contributed by atoms with Crippen molar-refractivity contribution >= 4 is 12.1 Å². The standard InChI is InChI=1S/C17H31N3O2/c1-16(2)8-5-13(6-9-16)20(14-7-10-18-11-14)15(21)17(3,4)12-19-22/h12-14,18,22H,5-11H2,1-4H3/b19-12+/t14-/m0/s1. The lowest BCUT2D eigenvalue weighted by molar-refractivity contribution is -0.143. The van der Waals surface area contributed by atoms with E-state index in [2.05, 4.69) is 29.2 Å². The Bertz CT molecular complexity index is 416. The van der Waals surface area contributed by atoms with Gasteiger partial charge in [-0.15, -0.1) is 5.16 Å². The van der Waals surface area contributed by atoms with Gasteiger partial charge in [0.05, 0.1) is 11.6 Å². The summed E-state index contributed by atoms with van der Waals surface area (Å²) in [4.78, 5) is 15.2. The van der Waals surface area contributed by atoms with E-state index in [1.54, 1.807) is 0 Å². The summed E-state index contributed by atoms with van der Waals surface area (Å²) in [6.07, 6.45) is 6.84. The molecule has 1 aliphatic carbocycles. The Kier molecular flexibility index (Phi) is 5.15. The number of carbonyl (C=O) groups excluding carboxylic acids is 1. The lowest BCUT2D eigenvalue weighted by Gasteiger charge is -2.44. The van der Waals surface area contributed by atoms with Crippen LogP contribution >= 0.6 is 0 Å². The molecule has 1 saturated heterocycles.